The van der Waals surface area contributed by atoms with Crippen LogP contribution in [0.25, 0.3) is 0 Å². The van der Waals surface area contributed by atoms with Crippen LogP contribution in [0.2, 0.25) is 0 Å². The normalized spacial score (nSPS) is 10.1. The average Bonchev–Trinajstić information content (AvgIpc) is 2.79. The second-order valence-corrected chi connectivity index (χ2v) is 8.10. The van der Waals surface area contributed by atoms with E-state index in [2.05, 4.69) is 13.2 Å². The second kappa shape index (κ2) is 12.7. The van der Waals surface area contributed by atoms with Gasteiger partial charge in [-0.25, -0.2) is 9.59 Å². The molecule has 0 aromatic heterocycles. The fourth-order valence-electron chi connectivity index (χ4n) is 2.36. The highest BCUT2D eigenvalue weighted by atomic mass is 32.2. The third-order valence-electron chi connectivity index (χ3n) is 3.75. The molecule has 2 aromatic carbocycles. The first-order chi connectivity index (χ1) is 14.5. The molecule has 0 unspecified atom stereocenters. The Hall–Kier alpha value is -2.77. The standard InChI is InChI=1S/C23H22O5S2/c1-3-21(24)27-12-14-29-18-10-11-19(23(26)17-8-6-5-7-9-17)20(16-18)30-15-13-28-22(25)4-2/h3-11,16H,1-2,12-15H2. The summed E-state index contributed by atoms with van der Waals surface area (Å²) < 4.78 is 10.00. The molecular formula is C23H22O5S2. The molecule has 0 N–H and O–H groups in total. The van der Waals surface area contributed by atoms with Crippen molar-refractivity contribution in [1.29, 1.82) is 0 Å². The molecule has 30 heavy (non-hydrogen) atoms. The van der Waals surface area contributed by atoms with Crippen molar-refractivity contribution < 1.29 is 23.9 Å². The Morgan fingerprint density at radius 1 is 0.833 bits per heavy atom. The summed E-state index contributed by atoms with van der Waals surface area (Å²) in [5.74, 6) is 0.0729. The summed E-state index contributed by atoms with van der Waals surface area (Å²) in [6.45, 7) is 7.20. The number of hydrogen-bond donors (Lipinski definition) is 0. The molecule has 0 atom stereocenters. The predicted octanol–water partition coefficient (Wildman–Crippen LogP) is 4.56. The molecular weight excluding hydrogens is 420 g/mol. The third-order valence-corrected chi connectivity index (χ3v) is 5.73. The second-order valence-electron chi connectivity index (χ2n) is 5.79. The van der Waals surface area contributed by atoms with Gasteiger partial charge < -0.3 is 9.47 Å². The Balaban J connectivity index is 2.11. The van der Waals surface area contributed by atoms with E-state index in [4.69, 9.17) is 9.47 Å². The lowest BCUT2D eigenvalue weighted by Crippen LogP contribution is -2.06. The maximum absolute atomic E-state index is 12.9. The molecule has 156 valence electrons. The Labute approximate surface area is 184 Å². The van der Waals surface area contributed by atoms with E-state index in [-0.39, 0.29) is 19.0 Å². The van der Waals surface area contributed by atoms with Gasteiger partial charge in [-0.3, -0.25) is 4.79 Å². The van der Waals surface area contributed by atoms with E-state index in [1.165, 1.54) is 23.5 Å². The number of carbonyl (C=O) groups is 3. The van der Waals surface area contributed by atoms with Crippen molar-refractivity contribution in [2.45, 2.75) is 9.79 Å². The van der Waals surface area contributed by atoms with Crippen LogP contribution in [0.5, 0.6) is 0 Å². The van der Waals surface area contributed by atoms with Gasteiger partial charge in [-0.15, -0.1) is 23.5 Å². The monoisotopic (exact) mass is 442 g/mol. The van der Waals surface area contributed by atoms with Crippen molar-refractivity contribution in [3.05, 3.63) is 85.0 Å². The van der Waals surface area contributed by atoms with Crippen LogP contribution in [0.15, 0.2) is 83.6 Å². The van der Waals surface area contributed by atoms with Gasteiger partial charge in [-0.2, -0.15) is 0 Å². The van der Waals surface area contributed by atoms with Crippen LogP contribution in [-0.2, 0) is 19.1 Å². The quantitative estimate of drug-likeness (QED) is 0.157. The van der Waals surface area contributed by atoms with Crippen LogP contribution in [0.1, 0.15) is 15.9 Å². The zero-order chi connectivity index (χ0) is 21.8. The lowest BCUT2D eigenvalue weighted by atomic mass is 10.0. The van der Waals surface area contributed by atoms with Gasteiger partial charge in [0, 0.05) is 44.6 Å². The van der Waals surface area contributed by atoms with E-state index in [1.807, 2.05) is 30.3 Å². The SMILES string of the molecule is C=CC(=O)OCCSc1ccc(C(=O)c2ccccc2)c(SCCOC(=O)C=C)c1. The Bertz CT molecular complexity index is 909. The highest BCUT2D eigenvalue weighted by molar-refractivity contribution is 8.00. The summed E-state index contributed by atoms with van der Waals surface area (Å²) in [6, 6.07) is 14.7. The fraction of sp³-hybridized carbons (Fsp3) is 0.174. The number of benzene rings is 2. The summed E-state index contributed by atoms with van der Waals surface area (Å²) in [4.78, 5) is 37.0. The fourth-order valence-corrected chi connectivity index (χ4v) is 4.11. The van der Waals surface area contributed by atoms with Crippen molar-refractivity contribution in [3.8, 4) is 0 Å². The molecule has 0 aliphatic heterocycles. The van der Waals surface area contributed by atoms with E-state index < -0.39 is 11.9 Å². The van der Waals surface area contributed by atoms with E-state index in [9.17, 15) is 14.4 Å². The average molecular weight is 443 g/mol. The molecule has 0 aliphatic rings. The topological polar surface area (TPSA) is 69.7 Å². The highest BCUT2D eigenvalue weighted by Gasteiger charge is 2.15. The van der Waals surface area contributed by atoms with Crippen molar-refractivity contribution >= 4 is 41.2 Å². The number of ether oxygens (including phenoxy) is 2. The van der Waals surface area contributed by atoms with Gasteiger partial charge in [-0.1, -0.05) is 43.5 Å². The minimum Gasteiger partial charge on any atom is -0.462 e. The van der Waals surface area contributed by atoms with Gasteiger partial charge in [0.2, 0.25) is 0 Å². The first kappa shape index (κ1) is 23.5. The minimum atomic E-state index is -0.477. The lowest BCUT2D eigenvalue weighted by molar-refractivity contribution is -0.138. The molecule has 0 spiro atoms. The minimum absolute atomic E-state index is 0.0716. The zero-order valence-electron chi connectivity index (χ0n) is 16.4. The molecule has 0 amide bonds. The molecule has 0 aliphatic carbocycles. The largest absolute Gasteiger partial charge is 0.462 e. The van der Waals surface area contributed by atoms with Gasteiger partial charge in [0.25, 0.3) is 0 Å². The molecule has 2 rings (SSSR count). The molecule has 0 saturated heterocycles. The summed E-state index contributed by atoms with van der Waals surface area (Å²) in [5.41, 5.74) is 1.19. The highest BCUT2D eigenvalue weighted by Crippen LogP contribution is 2.30. The first-order valence-corrected chi connectivity index (χ1v) is 11.1. The first-order valence-electron chi connectivity index (χ1n) is 9.13. The molecule has 0 bridgehead atoms. The number of carbonyl (C=O) groups excluding carboxylic acids is 3. The number of thioether (sulfide) groups is 2. The van der Waals surface area contributed by atoms with Crippen molar-refractivity contribution in [2.24, 2.45) is 0 Å². The molecule has 5 nitrogen and oxygen atoms in total. The molecule has 0 radical (unpaired) electrons. The Morgan fingerprint density at radius 2 is 1.43 bits per heavy atom. The summed E-state index contributed by atoms with van der Waals surface area (Å²) >= 11 is 2.96. The molecule has 2 aromatic rings. The predicted molar refractivity (Wildman–Crippen MR) is 120 cm³/mol. The van der Waals surface area contributed by atoms with Crippen LogP contribution >= 0.6 is 23.5 Å². The Kier molecular flexibility index (Phi) is 9.97. The molecule has 0 heterocycles. The maximum atomic E-state index is 12.9. The van der Waals surface area contributed by atoms with Crippen molar-refractivity contribution in [1.82, 2.24) is 0 Å². The zero-order valence-corrected chi connectivity index (χ0v) is 18.0. The smallest absolute Gasteiger partial charge is 0.330 e. The molecule has 0 saturated carbocycles. The van der Waals surface area contributed by atoms with Gasteiger partial charge in [0.05, 0.1) is 0 Å². The van der Waals surface area contributed by atoms with Crippen LogP contribution in [-0.4, -0.2) is 42.4 Å². The van der Waals surface area contributed by atoms with Gasteiger partial charge in [0.1, 0.15) is 13.2 Å². The van der Waals surface area contributed by atoms with Crippen LogP contribution in [0, 0.1) is 0 Å². The third kappa shape index (κ3) is 7.57. The van der Waals surface area contributed by atoms with Gasteiger partial charge in [0.15, 0.2) is 5.78 Å². The van der Waals surface area contributed by atoms with Crippen molar-refractivity contribution in [2.75, 3.05) is 24.7 Å². The summed E-state index contributed by atoms with van der Waals surface area (Å²) in [6.07, 6.45) is 2.24. The van der Waals surface area contributed by atoms with E-state index in [1.54, 1.807) is 18.2 Å². The van der Waals surface area contributed by atoms with Crippen LogP contribution in [0.4, 0.5) is 0 Å². The van der Waals surface area contributed by atoms with Crippen LogP contribution < -0.4 is 0 Å². The van der Waals surface area contributed by atoms with Gasteiger partial charge in [-0.05, 0) is 18.2 Å². The number of rotatable bonds is 12. The molecule has 0 fully saturated rings. The summed E-state index contributed by atoms with van der Waals surface area (Å²) in [5, 5.41) is 0. The maximum Gasteiger partial charge on any atom is 0.330 e. The van der Waals surface area contributed by atoms with E-state index >= 15 is 0 Å². The lowest BCUT2D eigenvalue weighted by Gasteiger charge is -2.11. The number of ketones is 1. The number of esters is 2. The van der Waals surface area contributed by atoms with Gasteiger partial charge >= 0.3 is 11.9 Å². The number of hydrogen-bond acceptors (Lipinski definition) is 7. The van der Waals surface area contributed by atoms with Crippen molar-refractivity contribution in [3.63, 3.8) is 0 Å². The summed E-state index contributed by atoms with van der Waals surface area (Å²) in [7, 11) is 0. The molecule has 7 heteroatoms. The van der Waals surface area contributed by atoms with Crippen LogP contribution in [0.3, 0.4) is 0 Å². The van der Waals surface area contributed by atoms with E-state index in [0.717, 1.165) is 21.9 Å². The Morgan fingerprint density at radius 3 is 2.03 bits per heavy atom. The van der Waals surface area contributed by atoms with E-state index in [0.29, 0.717) is 22.6 Å².